The van der Waals surface area contributed by atoms with Crippen LogP contribution in [0.2, 0.25) is 5.02 Å². The van der Waals surface area contributed by atoms with Gasteiger partial charge in [0.05, 0.1) is 23.6 Å². The highest BCUT2D eigenvalue weighted by atomic mass is 35.5. The lowest BCUT2D eigenvalue weighted by molar-refractivity contribution is 0.0905. The summed E-state index contributed by atoms with van der Waals surface area (Å²) in [5, 5.41) is 13.1. The minimum atomic E-state index is -0.633. The molecule has 0 fully saturated rings. The van der Waals surface area contributed by atoms with E-state index in [9.17, 15) is 14.7 Å². The summed E-state index contributed by atoms with van der Waals surface area (Å²) in [4.78, 5) is 31.0. The van der Waals surface area contributed by atoms with E-state index in [1.54, 1.807) is 48.5 Å². The Morgan fingerprint density at radius 1 is 1.21 bits per heavy atom. The third-order valence-corrected chi connectivity index (χ3v) is 3.84. The van der Waals surface area contributed by atoms with Crippen LogP contribution in [-0.4, -0.2) is 27.6 Å². The van der Waals surface area contributed by atoms with E-state index >= 15 is 0 Å². The number of hydrogen-bond acceptors (Lipinski definition) is 4. The average Bonchev–Trinajstić information content (AvgIpc) is 2.60. The molecule has 0 radical (unpaired) electrons. The van der Waals surface area contributed by atoms with Crippen molar-refractivity contribution in [3.8, 4) is 0 Å². The number of aromatic amines is 1. The van der Waals surface area contributed by atoms with Gasteiger partial charge >= 0.3 is 0 Å². The predicted molar refractivity (Wildman–Crippen MR) is 91.1 cm³/mol. The summed E-state index contributed by atoms with van der Waals surface area (Å²) in [6, 6.07) is 12.9. The van der Waals surface area contributed by atoms with Gasteiger partial charge in [0.25, 0.3) is 11.5 Å². The van der Waals surface area contributed by atoms with E-state index in [1.807, 2.05) is 0 Å². The number of nitrogens with zero attached hydrogens (tertiary/aromatic N) is 1. The van der Waals surface area contributed by atoms with Crippen molar-refractivity contribution < 1.29 is 9.90 Å². The number of para-hydroxylation sites is 1. The van der Waals surface area contributed by atoms with Crippen LogP contribution in [0.1, 0.15) is 22.2 Å². The molecule has 0 aliphatic carbocycles. The van der Waals surface area contributed by atoms with Gasteiger partial charge in [0.2, 0.25) is 0 Å². The molecule has 0 spiro atoms. The maximum atomic E-state index is 12.4. The summed E-state index contributed by atoms with van der Waals surface area (Å²) in [6.07, 6.45) is 0. The van der Waals surface area contributed by atoms with Crippen molar-refractivity contribution in [3.63, 3.8) is 0 Å². The van der Waals surface area contributed by atoms with E-state index in [4.69, 9.17) is 11.6 Å². The lowest BCUT2D eigenvalue weighted by atomic mass is 10.1. The van der Waals surface area contributed by atoms with Gasteiger partial charge in [-0.05, 0) is 29.8 Å². The normalized spacial score (nSPS) is 12.1. The van der Waals surface area contributed by atoms with E-state index in [0.717, 1.165) is 0 Å². The predicted octanol–water partition coefficient (Wildman–Crippen LogP) is 2.04. The summed E-state index contributed by atoms with van der Waals surface area (Å²) in [6.45, 7) is -0.300. The first kappa shape index (κ1) is 16.2. The van der Waals surface area contributed by atoms with E-state index in [-0.39, 0.29) is 12.4 Å². The molecular weight excluding hydrogens is 330 g/mol. The molecule has 3 rings (SSSR count). The highest BCUT2D eigenvalue weighted by molar-refractivity contribution is 6.30. The molecule has 2 aromatic carbocycles. The van der Waals surface area contributed by atoms with Gasteiger partial charge in [0.15, 0.2) is 5.82 Å². The molecule has 6 nitrogen and oxygen atoms in total. The SMILES string of the molecule is O=C(NC(CO)c1ccc(Cl)cc1)c1nc2ccccc2c(=O)[nH]1. The Hall–Kier alpha value is -2.70. The van der Waals surface area contributed by atoms with Gasteiger partial charge in [0, 0.05) is 5.02 Å². The van der Waals surface area contributed by atoms with Gasteiger partial charge in [-0.3, -0.25) is 9.59 Å². The molecule has 1 aromatic heterocycles. The van der Waals surface area contributed by atoms with Gasteiger partial charge in [-0.15, -0.1) is 0 Å². The van der Waals surface area contributed by atoms with E-state index in [0.29, 0.717) is 21.5 Å². The fourth-order valence-corrected chi connectivity index (χ4v) is 2.48. The fourth-order valence-electron chi connectivity index (χ4n) is 2.35. The third kappa shape index (κ3) is 3.29. The number of amides is 1. The van der Waals surface area contributed by atoms with Crippen LogP contribution >= 0.6 is 11.6 Å². The molecule has 3 aromatic rings. The van der Waals surface area contributed by atoms with Gasteiger partial charge < -0.3 is 15.4 Å². The smallest absolute Gasteiger partial charge is 0.287 e. The van der Waals surface area contributed by atoms with Gasteiger partial charge in [-0.25, -0.2) is 4.98 Å². The van der Waals surface area contributed by atoms with Crippen molar-refractivity contribution in [3.05, 3.63) is 75.3 Å². The van der Waals surface area contributed by atoms with Crippen LogP contribution in [-0.2, 0) is 0 Å². The second-order valence-electron chi connectivity index (χ2n) is 5.19. The summed E-state index contributed by atoms with van der Waals surface area (Å²) in [5.41, 5.74) is 0.731. The van der Waals surface area contributed by atoms with Crippen LogP contribution in [0.3, 0.4) is 0 Å². The number of halogens is 1. The number of carbonyl (C=O) groups is 1. The summed E-state index contributed by atoms with van der Waals surface area (Å²) < 4.78 is 0. The molecule has 1 unspecified atom stereocenters. The van der Waals surface area contributed by atoms with Crippen LogP contribution in [0.4, 0.5) is 0 Å². The molecule has 122 valence electrons. The monoisotopic (exact) mass is 343 g/mol. The Kier molecular flexibility index (Phi) is 4.59. The van der Waals surface area contributed by atoms with Gasteiger partial charge in [-0.1, -0.05) is 35.9 Å². The minimum absolute atomic E-state index is 0.105. The van der Waals surface area contributed by atoms with Crippen LogP contribution in [0.5, 0.6) is 0 Å². The molecule has 0 saturated heterocycles. The van der Waals surface area contributed by atoms with Crippen molar-refractivity contribution >= 4 is 28.4 Å². The Morgan fingerprint density at radius 3 is 2.62 bits per heavy atom. The van der Waals surface area contributed by atoms with Crippen molar-refractivity contribution in [1.82, 2.24) is 15.3 Å². The molecular formula is C17H14ClN3O3. The van der Waals surface area contributed by atoms with Crippen LogP contribution < -0.4 is 10.9 Å². The largest absolute Gasteiger partial charge is 0.394 e. The number of carbonyl (C=O) groups excluding carboxylic acids is 1. The average molecular weight is 344 g/mol. The van der Waals surface area contributed by atoms with Crippen LogP contribution in [0.15, 0.2) is 53.3 Å². The van der Waals surface area contributed by atoms with E-state index < -0.39 is 17.5 Å². The summed E-state index contributed by atoms with van der Waals surface area (Å²) in [5.74, 6) is -0.682. The second-order valence-corrected chi connectivity index (χ2v) is 5.63. The number of aromatic nitrogens is 2. The number of nitrogens with one attached hydrogen (secondary N) is 2. The quantitative estimate of drug-likeness (QED) is 0.675. The molecule has 1 atom stereocenters. The summed E-state index contributed by atoms with van der Waals surface area (Å²) in [7, 11) is 0. The molecule has 1 amide bonds. The highest BCUT2D eigenvalue weighted by Crippen LogP contribution is 2.16. The van der Waals surface area contributed by atoms with Gasteiger partial charge in [-0.2, -0.15) is 0 Å². The molecule has 0 aliphatic heterocycles. The third-order valence-electron chi connectivity index (χ3n) is 3.59. The molecule has 24 heavy (non-hydrogen) atoms. The van der Waals surface area contributed by atoms with Gasteiger partial charge in [0.1, 0.15) is 0 Å². The second kappa shape index (κ2) is 6.82. The van der Waals surface area contributed by atoms with Crippen molar-refractivity contribution in [2.24, 2.45) is 0 Å². The topological polar surface area (TPSA) is 95.1 Å². The molecule has 0 bridgehead atoms. The highest BCUT2D eigenvalue weighted by Gasteiger charge is 2.17. The molecule has 0 aliphatic rings. The van der Waals surface area contributed by atoms with Crippen molar-refractivity contribution in [2.75, 3.05) is 6.61 Å². The molecule has 7 heteroatoms. The zero-order valence-corrected chi connectivity index (χ0v) is 13.2. The first-order valence-corrected chi connectivity index (χ1v) is 7.62. The number of aliphatic hydroxyl groups is 1. The lowest BCUT2D eigenvalue weighted by Crippen LogP contribution is -2.33. The molecule has 0 saturated carbocycles. The Balaban J connectivity index is 1.88. The lowest BCUT2D eigenvalue weighted by Gasteiger charge is -2.16. The molecule has 1 heterocycles. The zero-order valence-electron chi connectivity index (χ0n) is 12.5. The Morgan fingerprint density at radius 2 is 1.92 bits per heavy atom. The van der Waals surface area contributed by atoms with E-state index in [1.165, 1.54) is 0 Å². The number of H-pyrrole nitrogens is 1. The first-order chi connectivity index (χ1) is 11.6. The maximum Gasteiger partial charge on any atom is 0.287 e. The van der Waals surface area contributed by atoms with Crippen LogP contribution in [0.25, 0.3) is 10.9 Å². The standard InChI is InChI=1S/C17H14ClN3O3/c18-11-7-5-10(6-8-11)14(9-22)20-17(24)15-19-13-4-2-1-3-12(13)16(23)21-15/h1-8,14,22H,9H2,(H,20,24)(H,19,21,23). The Bertz CT molecular complexity index is 938. The maximum absolute atomic E-state index is 12.4. The number of benzene rings is 2. The first-order valence-electron chi connectivity index (χ1n) is 7.24. The Labute approximate surface area is 142 Å². The summed E-state index contributed by atoms with van der Waals surface area (Å²) >= 11 is 5.83. The number of aliphatic hydroxyl groups excluding tert-OH is 1. The molecule has 3 N–H and O–H groups in total. The van der Waals surface area contributed by atoms with E-state index in [2.05, 4.69) is 15.3 Å². The van der Waals surface area contributed by atoms with Crippen LogP contribution in [0, 0.1) is 0 Å². The zero-order chi connectivity index (χ0) is 17.1. The number of fused-ring (bicyclic) bond motifs is 1. The van der Waals surface area contributed by atoms with Crippen molar-refractivity contribution in [2.45, 2.75) is 6.04 Å². The number of hydrogen-bond donors (Lipinski definition) is 3. The number of rotatable bonds is 4. The minimum Gasteiger partial charge on any atom is -0.394 e. The fraction of sp³-hybridized carbons (Fsp3) is 0.118. The van der Waals surface area contributed by atoms with Crippen molar-refractivity contribution in [1.29, 1.82) is 0 Å².